The van der Waals surface area contributed by atoms with Gasteiger partial charge in [0.2, 0.25) is 0 Å². The Morgan fingerprint density at radius 1 is 0.895 bits per heavy atom. The van der Waals surface area contributed by atoms with Crippen molar-refractivity contribution in [3.05, 3.63) is 95.1 Å². The molecule has 1 heterocycles. The van der Waals surface area contributed by atoms with Crippen LogP contribution in [-0.2, 0) is 11.8 Å². The first-order valence-electron chi connectivity index (χ1n) is 13.8. The van der Waals surface area contributed by atoms with Crippen molar-refractivity contribution in [3.8, 4) is 0 Å². The highest BCUT2D eigenvalue weighted by Crippen LogP contribution is 2.30. The van der Waals surface area contributed by atoms with Gasteiger partial charge in [-0.15, -0.1) is 0 Å². The van der Waals surface area contributed by atoms with Gasteiger partial charge >= 0.3 is 0 Å². The number of rotatable bonds is 7. The summed E-state index contributed by atoms with van der Waals surface area (Å²) in [6.07, 6.45) is 3.27. The lowest BCUT2D eigenvalue weighted by molar-refractivity contribution is 0.0942. The molecule has 0 unspecified atom stereocenters. The summed E-state index contributed by atoms with van der Waals surface area (Å²) in [7, 11) is 0. The molecule has 0 atom stereocenters. The molecule has 4 rings (SSSR count). The molecule has 3 aromatic carbocycles. The third-order valence-electron chi connectivity index (χ3n) is 7.25. The summed E-state index contributed by atoms with van der Waals surface area (Å²) in [5.74, 6) is 0.340. The van der Waals surface area contributed by atoms with Crippen LogP contribution in [0.15, 0.2) is 72.8 Å². The van der Waals surface area contributed by atoms with Crippen LogP contribution in [0.25, 0.3) is 0 Å². The van der Waals surface area contributed by atoms with Gasteiger partial charge in [-0.3, -0.25) is 9.59 Å². The topological polar surface area (TPSA) is 61.4 Å². The van der Waals surface area contributed by atoms with E-state index in [9.17, 15) is 9.59 Å². The maximum Gasteiger partial charge on any atom is 0.255 e. The van der Waals surface area contributed by atoms with Crippen molar-refractivity contribution in [1.29, 1.82) is 0 Å². The number of nitrogens with one attached hydrogen (secondary N) is 2. The number of carbonyl (C=O) groups excluding carboxylic acids is 2. The molecular formula is C33H41N3O2. The number of anilines is 2. The second-order valence-corrected chi connectivity index (χ2v) is 11.8. The van der Waals surface area contributed by atoms with Gasteiger partial charge in [-0.25, -0.2) is 0 Å². The summed E-state index contributed by atoms with van der Waals surface area (Å²) in [5.41, 5.74) is 5.33. The quantitative estimate of drug-likeness (QED) is 0.365. The van der Waals surface area contributed by atoms with Crippen LogP contribution in [0.1, 0.15) is 79.3 Å². The third-order valence-corrected chi connectivity index (χ3v) is 7.25. The first-order chi connectivity index (χ1) is 18.1. The monoisotopic (exact) mass is 511 g/mol. The lowest BCUT2D eigenvalue weighted by Gasteiger charge is -2.35. The van der Waals surface area contributed by atoms with E-state index in [0.29, 0.717) is 22.7 Å². The molecule has 1 aliphatic heterocycles. The van der Waals surface area contributed by atoms with Crippen LogP contribution >= 0.6 is 0 Å². The minimum absolute atomic E-state index is 0.0199. The van der Waals surface area contributed by atoms with Crippen LogP contribution < -0.4 is 15.5 Å². The number of amides is 2. The molecule has 0 saturated carbocycles. The van der Waals surface area contributed by atoms with E-state index < -0.39 is 0 Å². The van der Waals surface area contributed by atoms with Gasteiger partial charge in [-0.05, 0) is 85.9 Å². The van der Waals surface area contributed by atoms with E-state index >= 15 is 0 Å². The summed E-state index contributed by atoms with van der Waals surface area (Å²) in [5, 5.41) is 6.03. The first-order valence-corrected chi connectivity index (χ1v) is 13.8. The molecule has 0 bridgehead atoms. The van der Waals surface area contributed by atoms with Crippen LogP contribution in [0.5, 0.6) is 0 Å². The maximum atomic E-state index is 13.2. The van der Waals surface area contributed by atoms with Gasteiger partial charge in [-0.2, -0.15) is 0 Å². The van der Waals surface area contributed by atoms with Gasteiger partial charge in [0, 0.05) is 36.1 Å². The number of hydrogen-bond acceptors (Lipinski definition) is 3. The van der Waals surface area contributed by atoms with Crippen LogP contribution in [0.3, 0.4) is 0 Å². The van der Waals surface area contributed by atoms with E-state index in [1.165, 1.54) is 11.1 Å². The highest BCUT2D eigenvalue weighted by atomic mass is 16.2. The molecule has 2 N–H and O–H groups in total. The van der Waals surface area contributed by atoms with Crippen molar-refractivity contribution >= 4 is 23.2 Å². The molecule has 5 nitrogen and oxygen atoms in total. The number of nitrogens with zero attached hydrogens (tertiary/aromatic N) is 1. The summed E-state index contributed by atoms with van der Waals surface area (Å²) >= 11 is 0. The van der Waals surface area contributed by atoms with Crippen molar-refractivity contribution in [2.24, 2.45) is 5.92 Å². The number of piperidine rings is 1. The molecule has 0 radical (unpaired) electrons. The summed E-state index contributed by atoms with van der Waals surface area (Å²) in [4.78, 5) is 28.5. The zero-order valence-corrected chi connectivity index (χ0v) is 23.4. The zero-order chi connectivity index (χ0) is 27.3. The lowest BCUT2D eigenvalue weighted by atomic mass is 9.87. The Labute approximate surface area is 227 Å². The molecule has 200 valence electrons. The standard InChI is InChI=1S/C33H41N3O2/c1-23(2)34-32(38)29-22-28(35-31(37)26-11-13-27(14-12-26)33(3,4)5)15-16-30(29)36-19-17-25(18-20-36)21-24-9-7-6-8-10-24/h6-16,22-23,25H,17-21H2,1-5H3,(H,34,38)(H,35,37). The maximum absolute atomic E-state index is 13.2. The largest absolute Gasteiger partial charge is 0.371 e. The van der Waals surface area contributed by atoms with E-state index in [1.807, 2.05) is 56.3 Å². The predicted octanol–water partition coefficient (Wildman–Crippen LogP) is 6.83. The van der Waals surface area contributed by atoms with Crippen LogP contribution in [0.4, 0.5) is 11.4 Å². The van der Waals surface area contributed by atoms with E-state index in [0.717, 1.165) is 38.0 Å². The Morgan fingerprint density at radius 2 is 1.55 bits per heavy atom. The zero-order valence-electron chi connectivity index (χ0n) is 23.4. The second kappa shape index (κ2) is 11.8. The SMILES string of the molecule is CC(C)NC(=O)c1cc(NC(=O)c2ccc(C(C)(C)C)cc2)ccc1N1CCC(Cc2ccccc2)CC1. The van der Waals surface area contributed by atoms with E-state index in [2.05, 4.69) is 66.6 Å². The fraction of sp³-hybridized carbons (Fsp3) is 0.394. The highest BCUT2D eigenvalue weighted by Gasteiger charge is 2.24. The number of carbonyl (C=O) groups is 2. The fourth-order valence-corrected chi connectivity index (χ4v) is 5.06. The van der Waals surface area contributed by atoms with E-state index in [1.54, 1.807) is 0 Å². The minimum atomic E-state index is -0.185. The predicted molar refractivity (Wildman–Crippen MR) is 157 cm³/mol. The second-order valence-electron chi connectivity index (χ2n) is 11.8. The Balaban J connectivity index is 1.49. The Hall–Kier alpha value is -3.60. The summed E-state index contributed by atoms with van der Waals surface area (Å²) < 4.78 is 0. The average molecular weight is 512 g/mol. The van der Waals surface area contributed by atoms with Crippen molar-refractivity contribution in [3.63, 3.8) is 0 Å². The molecule has 38 heavy (non-hydrogen) atoms. The summed E-state index contributed by atoms with van der Waals surface area (Å²) in [6, 6.07) is 24.1. The first kappa shape index (κ1) is 27.4. The summed E-state index contributed by atoms with van der Waals surface area (Å²) in [6.45, 7) is 12.2. The van der Waals surface area contributed by atoms with E-state index in [-0.39, 0.29) is 23.3 Å². The van der Waals surface area contributed by atoms with Crippen molar-refractivity contribution < 1.29 is 9.59 Å². The van der Waals surface area contributed by atoms with Gasteiger partial charge in [0.1, 0.15) is 0 Å². The normalized spacial score (nSPS) is 14.4. The number of hydrogen-bond donors (Lipinski definition) is 2. The van der Waals surface area contributed by atoms with Gasteiger partial charge in [0.15, 0.2) is 0 Å². The molecule has 1 fully saturated rings. The van der Waals surface area contributed by atoms with Gasteiger partial charge in [0.25, 0.3) is 11.8 Å². The molecule has 3 aromatic rings. The van der Waals surface area contributed by atoms with Crippen molar-refractivity contribution in [1.82, 2.24) is 5.32 Å². The fourth-order valence-electron chi connectivity index (χ4n) is 5.06. The van der Waals surface area contributed by atoms with Crippen molar-refractivity contribution in [2.75, 3.05) is 23.3 Å². The molecule has 0 spiro atoms. The Morgan fingerprint density at radius 3 is 2.16 bits per heavy atom. The molecular weight excluding hydrogens is 470 g/mol. The van der Waals surface area contributed by atoms with Crippen LogP contribution in [0, 0.1) is 5.92 Å². The van der Waals surface area contributed by atoms with Gasteiger partial charge in [-0.1, -0.05) is 63.2 Å². The smallest absolute Gasteiger partial charge is 0.255 e. The van der Waals surface area contributed by atoms with E-state index in [4.69, 9.17) is 0 Å². The Kier molecular flexibility index (Phi) is 8.55. The molecule has 5 heteroatoms. The lowest BCUT2D eigenvalue weighted by Crippen LogP contribution is -2.37. The van der Waals surface area contributed by atoms with Crippen LogP contribution in [-0.4, -0.2) is 30.9 Å². The minimum Gasteiger partial charge on any atom is -0.371 e. The molecule has 1 aliphatic rings. The number of benzene rings is 3. The average Bonchev–Trinajstić information content (AvgIpc) is 2.89. The molecule has 1 saturated heterocycles. The molecule has 2 amide bonds. The van der Waals surface area contributed by atoms with Gasteiger partial charge in [0.05, 0.1) is 5.56 Å². The van der Waals surface area contributed by atoms with Crippen molar-refractivity contribution in [2.45, 2.75) is 65.3 Å². The third kappa shape index (κ3) is 7.03. The Bertz CT molecular complexity index is 1240. The highest BCUT2D eigenvalue weighted by molar-refractivity contribution is 6.06. The molecule has 0 aromatic heterocycles. The molecule has 0 aliphatic carbocycles. The van der Waals surface area contributed by atoms with Gasteiger partial charge < -0.3 is 15.5 Å². The van der Waals surface area contributed by atoms with Crippen LogP contribution in [0.2, 0.25) is 0 Å².